The Morgan fingerprint density at radius 2 is 1.82 bits per heavy atom. The molecule has 7 nitrogen and oxygen atoms in total. The summed E-state index contributed by atoms with van der Waals surface area (Å²) >= 11 is 0. The van der Waals surface area contributed by atoms with Gasteiger partial charge in [0.05, 0.1) is 6.04 Å². The average Bonchev–Trinajstić information content (AvgIpc) is 3.22. The highest BCUT2D eigenvalue weighted by molar-refractivity contribution is 5.96. The summed E-state index contributed by atoms with van der Waals surface area (Å²) in [5, 5.41) is 8.17. The van der Waals surface area contributed by atoms with Gasteiger partial charge in [0.1, 0.15) is 12.3 Å². The minimum absolute atomic E-state index is 0.105. The summed E-state index contributed by atoms with van der Waals surface area (Å²) in [5.74, 6) is -1.29. The van der Waals surface area contributed by atoms with Gasteiger partial charge in [-0.05, 0) is 37.0 Å². The number of benzene rings is 2. The van der Waals surface area contributed by atoms with Gasteiger partial charge in [0.2, 0.25) is 17.7 Å². The number of aldehydes is 1. The van der Waals surface area contributed by atoms with Gasteiger partial charge < -0.3 is 20.7 Å². The number of hydrogen-bond acceptors (Lipinski definition) is 4. The normalized spacial score (nSPS) is 17.2. The minimum Gasteiger partial charge on any atom is -0.356 e. The zero-order valence-corrected chi connectivity index (χ0v) is 18.6. The van der Waals surface area contributed by atoms with E-state index in [2.05, 4.69) is 16.0 Å². The van der Waals surface area contributed by atoms with Crippen molar-refractivity contribution in [2.24, 2.45) is 5.92 Å². The molecule has 33 heavy (non-hydrogen) atoms. The summed E-state index contributed by atoms with van der Waals surface area (Å²) in [6, 6.07) is 15.4. The number of hydrogen-bond donors (Lipinski definition) is 3. The largest absolute Gasteiger partial charge is 0.356 e. The fraction of sp³-hybridized carbons (Fsp3) is 0.308. The maximum atomic E-state index is 13.0. The molecule has 2 aromatic rings. The molecule has 3 unspecified atom stereocenters. The molecule has 1 saturated heterocycles. The predicted octanol–water partition coefficient (Wildman–Crippen LogP) is 1.95. The van der Waals surface area contributed by atoms with E-state index in [1.54, 1.807) is 6.08 Å². The van der Waals surface area contributed by atoms with Crippen LogP contribution in [0, 0.1) is 12.8 Å². The highest BCUT2D eigenvalue weighted by Gasteiger charge is 2.29. The summed E-state index contributed by atoms with van der Waals surface area (Å²) < 4.78 is 0. The van der Waals surface area contributed by atoms with E-state index in [4.69, 9.17) is 0 Å². The van der Waals surface area contributed by atoms with E-state index in [-0.39, 0.29) is 24.7 Å². The summed E-state index contributed by atoms with van der Waals surface area (Å²) in [5.41, 5.74) is 2.87. The quantitative estimate of drug-likeness (QED) is 0.382. The van der Waals surface area contributed by atoms with Gasteiger partial charge in [-0.1, -0.05) is 60.2 Å². The van der Waals surface area contributed by atoms with Crippen LogP contribution < -0.4 is 16.0 Å². The van der Waals surface area contributed by atoms with E-state index >= 15 is 0 Å². The Morgan fingerprint density at radius 3 is 2.45 bits per heavy atom. The van der Waals surface area contributed by atoms with Gasteiger partial charge in [0.15, 0.2) is 0 Å². The molecule has 3 rings (SSSR count). The van der Waals surface area contributed by atoms with Gasteiger partial charge in [0.25, 0.3) is 0 Å². The fourth-order valence-corrected chi connectivity index (χ4v) is 3.74. The molecule has 0 spiro atoms. The molecule has 3 atom stereocenters. The van der Waals surface area contributed by atoms with E-state index < -0.39 is 23.9 Å². The minimum atomic E-state index is -0.873. The van der Waals surface area contributed by atoms with E-state index in [1.807, 2.05) is 61.5 Å². The smallest absolute Gasteiger partial charge is 0.244 e. The Bertz CT molecular complexity index is 1000. The van der Waals surface area contributed by atoms with Crippen LogP contribution in [0.3, 0.4) is 0 Å². The van der Waals surface area contributed by atoms with Gasteiger partial charge in [-0.3, -0.25) is 14.4 Å². The molecule has 1 fully saturated rings. The Kier molecular flexibility index (Phi) is 8.52. The molecule has 7 heteroatoms. The zero-order chi connectivity index (χ0) is 23.6. The summed E-state index contributed by atoms with van der Waals surface area (Å²) in [7, 11) is 0. The number of carbonyl (C=O) groups is 4. The molecule has 3 amide bonds. The molecule has 1 heterocycles. The van der Waals surface area contributed by atoms with Crippen LogP contribution in [0.15, 0.2) is 60.7 Å². The van der Waals surface area contributed by atoms with Crippen LogP contribution in [0.2, 0.25) is 0 Å². The van der Waals surface area contributed by atoms with Crippen LogP contribution in [-0.4, -0.2) is 42.6 Å². The monoisotopic (exact) mass is 447 g/mol. The van der Waals surface area contributed by atoms with Crippen LogP contribution in [0.25, 0.3) is 6.08 Å². The van der Waals surface area contributed by atoms with Crippen molar-refractivity contribution in [1.82, 2.24) is 16.0 Å². The molecule has 0 aromatic heterocycles. The molecule has 0 aliphatic carbocycles. The molecular formula is C26H29N3O4. The standard InChI is InChI=1S/C26H29N3O4/c1-18-7-9-19(10-8-18)11-12-24(31)29-23(15-20-5-3-2-4-6-20)26(33)28-22(17-30)16-21-13-14-27-25(21)32/h2-12,17,21-23H,13-16H2,1H3,(H,27,32)(H,28,33)(H,29,31). The topological polar surface area (TPSA) is 104 Å². The maximum absolute atomic E-state index is 13.0. The highest BCUT2D eigenvalue weighted by Crippen LogP contribution is 2.16. The van der Waals surface area contributed by atoms with Crippen LogP contribution >= 0.6 is 0 Å². The molecular weight excluding hydrogens is 418 g/mol. The molecule has 172 valence electrons. The van der Waals surface area contributed by atoms with Crippen molar-refractivity contribution in [3.8, 4) is 0 Å². The van der Waals surface area contributed by atoms with Gasteiger partial charge in [-0.15, -0.1) is 0 Å². The summed E-state index contributed by atoms with van der Waals surface area (Å²) in [6.07, 6.45) is 4.84. The third kappa shape index (κ3) is 7.42. The lowest BCUT2D eigenvalue weighted by Gasteiger charge is -2.21. The second-order valence-electron chi connectivity index (χ2n) is 8.26. The summed E-state index contributed by atoms with van der Waals surface area (Å²) in [6.45, 7) is 2.56. The second kappa shape index (κ2) is 11.8. The predicted molar refractivity (Wildman–Crippen MR) is 126 cm³/mol. The second-order valence-corrected chi connectivity index (χ2v) is 8.26. The maximum Gasteiger partial charge on any atom is 0.244 e. The van der Waals surface area contributed by atoms with Gasteiger partial charge in [-0.2, -0.15) is 0 Å². The van der Waals surface area contributed by atoms with Crippen LogP contribution in [0.1, 0.15) is 29.5 Å². The molecule has 0 saturated carbocycles. The van der Waals surface area contributed by atoms with Crippen molar-refractivity contribution in [2.75, 3.05) is 6.54 Å². The van der Waals surface area contributed by atoms with Crippen molar-refractivity contribution >= 4 is 30.1 Å². The van der Waals surface area contributed by atoms with Gasteiger partial charge in [0, 0.05) is 25.0 Å². The summed E-state index contributed by atoms with van der Waals surface area (Å²) in [4.78, 5) is 49.0. The SMILES string of the molecule is Cc1ccc(C=CC(=O)NC(Cc2ccccc2)C(=O)NC(C=O)CC2CCNC2=O)cc1. The van der Waals surface area contributed by atoms with Crippen molar-refractivity contribution in [3.63, 3.8) is 0 Å². The first kappa shape index (κ1) is 23.9. The number of amides is 3. The first-order chi connectivity index (χ1) is 15.9. The Morgan fingerprint density at radius 1 is 1.09 bits per heavy atom. The first-order valence-electron chi connectivity index (χ1n) is 11.1. The van der Waals surface area contributed by atoms with E-state index in [1.165, 1.54) is 6.08 Å². The van der Waals surface area contributed by atoms with Gasteiger partial charge in [-0.25, -0.2) is 0 Å². The number of rotatable bonds is 10. The molecule has 2 aromatic carbocycles. The van der Waals surface area contributed by atoms with E-state index in [0.717, 1.165) is 16.7 Å². The van der Waals surface area contributed by atoms with Gasteiger partial charge >= 0.3 is 0 Å². The molecule has 0 bridgehead atoms. The van der Waals surface area contributed by atoms with E-state index in [9.17, 15) is 19.2 Å². The lowest BCUT2D eigenvalue weighted by Crippen LogP contribution is -2.51. The van der Waals surface area contributed by atoms with Crippen molar-refractivity contribution in [3.05, 3.63) is 77.4 Å². The number of aryl methyl sites for hydroxylation is 1. The third-order valence-corrected chi connectivity index (χ3v) is 5.61. The zero-order valence-electron chi connectivity index (χ0n) is 18.6. The Hall–Kier alpha value is -3.74. The Balaban J connectivity index is 1.67. The van der Waals surface area contributed by atoms with Crippen molar-refractivity contribution in [1.29, 1.82) is 0 Å². The Labute approximate surface area is 193 Å². The molecule has 1 aliphatic heterocycles. The van der Waals surface area contributed by atoms with Crippen LogP contribution in [0.4, 0.5) is 0 Å². The fourth-order valence-electron chi connectivity index (χ4n) is 3.74. The average molecular weight is 448 g/mol. The van der Waals surface area contributed by atoms with E-state index in [0.29, 0.717) is 19.3 Å². The highest BCUT2D eigenvalue weighted by atomic mass is 16.2. The van der Waals surface area contributed by atoms with Crippen LogP contribution in [-0.2, 0) is 25.6 Å². The lowest BCUT2D eigenvalue weighted by atomic mass is 9.98. The number of carbonyl (C=O) groups excluding carboxylic acids is 4. The third-order valence-electron chi connectivity index (χ3n) is 5.61. The number of nitrogens with one attached hydrogen (secondary N) is 3. The first-order valence-corrected chi connectivity index (χ1v) is 11.1. The van der Waals surface area contributed by atoms with Crippen molar-refractivity contribution in [2.45, 2.75) is 38.3 Å². The molecule has 3 N–H and O–H groups in total. The molecule has 0 radical (unpaired) electrons. The lowest BCUT2D eigenvalue weighted by molar-refractivity contribution is -0.129. The van der Waals surface area contributed by atoms with Crippen LogP contribution in [0.5, 0.6) is 0 Å². The van der Waals surface area contributed by atoms with Crippen molar-refractivity contribution < 1.29 is 19.2 Å². The molecule has 1 aliphatic rings.